The van der Waals surface area contributed by atoms with Crippen molar-refractivity contribution in [3.8, 4) is 0 Å². The molecule has 2 atom stereocenters. The van der Waals surface area contributed by atoms with E-state index < -0.39 is 0 Å². The van der Waals surface area contributed by atoms with Crippen LogP contribution < -0.4 is 5.32 Å². The Morgan fingerprint density at radius 2 is 1.90 bits per heavy atom. The van der Waals surface area contributed by atoms with E-state index >= 15 is 0 Å². The smallest absolute Gasteiger partial charge is 0.0449 e. The molecular weight excluding hydrogens is 244 g/mol. The summed E-state index contributed by atoms with van der Waals surface area (Å²) in [6, 6.07) is 12.1. The predicted molar refractivity (Wildman–Crippen MR) is 87.0 cm³/mol. The molecule has 0 amide bonds. The fraction of sp³-hybridized carbons (Fsp3) is 0.667. The van der Waals surface area contributed by atoms with Crippen molar-refractivity contribution in [3.05, 3.63) is 35.9 Å². The minimum absolute atomic E-state index is 0.505. The molecule has 1 fully saturated rings. The molecule has 1 saturated heterocycles. The first kappa shape index (κ1) is 15.5. The lowest BCUT2D eigenvalue weighted by atomic mass is 10.00. The average molecular weight is 274 g/mol. The van der Waals surface area contributed by atoms with Crippen molar-refractivity contribution in [1.29, 1.82) is 0 Å². The van der Waals surface area contributed by atoms with Gasteiger partial charge in [-0.15, -0.1) is 0 Å². The van der Waals surface area contributed by atoms with Gasteiger partial charge in [-0.05, 0) is 24.9 Å². The Morgan fingerprint density at radius 3 is 2.60 bits per heavy atom. The highest BCUT2D eigenvalue weighted by Crippen LogP contribution is 2.21. The molecule has 112 valence electrons. The number of hydrogen-bond donors (Lipinski definition) is 1. The maximum atomic E-state index is 3.73. The summed E-state index contributed by atoms with van der Waals surface area (Å²) in [5.74, 6) is 0. The topological polar surface area (TPSA) is 15.3 Å². The van der Waals surface area contributed by atoms with Crippen molar-refractivity contribution in [2.45, 2.75) is 58.0 Å². The number of nitrogens with one attached hydrogen (secondary N) is 1. The van der Waals surface area contributed by atoms with Gasteiger partial charge in [-0.25, -0.2) is 0 Å². The van der Waals surface area contributed by atoms with Gasteiger partial charge < -0.3 is 5.32 Å². The molecule has 2 nitrogen and oxygen atoms in total. The van der Waals surface area contributed by atoms with Gasteiger partial charge in [-0.1, -0.05) is 63.4 Å². The first-order chi connectivity index (χ1) is 9.85. The largest absolute Gasteiger partial charge is 0.307 e. The zero-order valence-corrected chi connectivity index (χ0v) is 13.1. The summed E-state index contributed by atoms with van der Waals surface area (Å²) in [6.45, 7) is 8.15. The molecule has 1 aliphatic rings. The Bertz CT molecular complexity index is 363. The van der Waals surface area contributed by atoms with E-state index in [0.29, 0.717) is 6.04 Å². The lowest BCUT2D eigenvalue weighted by Crippen LogP contribution is -2.52. The van der Waals surface area contributed by atoms with Gasteiger partial charge >= 0.3 is 0 Å². The van der Waals surface area contributed by atoms with E-state index in [4.69, 9.17) is 0 Å². The van der Waals surface area contributed by atoms with Gasteiger partial charge in [0.15, 0.2) is 0 Å². The van der Waals surface area contributed by atoms with E-state index in [9.17, 15) is 0 Å². The Morgan fingerprint density at radius 1 is 1.10 bits per heavy atom. The minimum Gasteiger partial charge on any atom is -0.307 e. The number of hydrogen-bond acceptors (Lipinski definition) is 2. The summed E-state index contributed by atoms with van der Waals surface area (Å²) in [5.41, 5.74) is 1.43. The molecule has 2 rings (SSSR count). The van der Waals surface area contributed by atoms with Crippen molar-refractivity contribution in [3.63, 3.8) is 0 Å². The molecule has 0 saturated carbocycles. The second kappa shape index (κ2) is 8.43. The van der Waals surface area contributed by atoms with Crippen molar-refractivity contribution < 1.29 is 0 Å². The summed E-state index contributed by atoms with van der Waals surface area (Å²) in [5, 5.41) is 3.73. The van der Waals surface area contributed by atoms with Crippen LogP contribution in [0.2, 0.25) is 0 Å². The van der Waals surface area contributed by atoms with Gasteiger partial charge in [0, 0.05) is 25.2 Å². The summed E-state index contributed by atoms with van der Waals surface area (Å²) in [4.78, 5) is 2.71. The average Bonchev–Trinajstić information content (AvgIpc) is 2.52. The molecule has 0 spiro atoms. The first-order valence-corrected chi connectivity index (χ1v) is 8.37. The molecule has 1 aromatic carbocycles. The number of benzene rings is 1. The molecular formula is C18H30N2. The molecule has 2 heteroatoms. The van der Waals surface area contributed by atoms with Crippen LogP contribution >= 0.6 is 0 Å². The maximum Gasteiger partial charge on any atom is 0.0449 e. The molecule has 20 heavy (non-hydrogen) atoms. The maximum absolute atomic E-state index is 3.73. The quantitative estimate of drug-likeness (QED) is 0.756. The van der Waals surface area contributed by atoms with Crippen LogP contribution in [0.1, 0.15) is 57.6 Å². The molecule has 2 unspecified atom stereocenters. The zero-order valence-electron chi connectivity index (χ0n) is 13.1. The summed E-state index contributed by atoms with van der Waals surface area (Å²) < 4.78 is 0. The van der Waals surface area contributed by atoms with Gasteiger partial charge in [0.25, 0.3) is 0 Å². The van der Waals surface area contributed by atoms with Gasteiger partial charge in [-0.3, -0.25) is 4.90 Å². The molecule has 1 aliphatic heterocycles. The van der Waals surface area contributed by atoms with E-state index in [2.05, 4.69) is 54.4 Å². The van der Waals surface area contributed by atoms with E-state index in [-0.39, 0.29) is 0 Å². The molecule has 1 heterocycles. The van der Waals surface area contributed by atoms with E-state index in [0.717, 1.165) is 19.1 Å². The molecule has 1 N–H and O–H groups in total. The molecule has 1 aromatic rings. The van der Waals surface area contributed by atoms with Crippen LogP contribution in [0.15, 0.2) is 30.3 Å². The lowest BCUT2D eigenvalue weighted by molar-refractivity contribution is 0.124. The van der Waals surface area contributed by atoms with E-state index in [1.807, 2.05) is 0 Å². The highest BCUT2D eigenvalue weighted by Gasteiger charge is 2.26. The Labute approximate surface area is 124 Å². The minimum atomic E-state index is 0.505. The van der Waals surface area contributed by atoms with Gasteiger partial charge in [0.05, 0.1) is 0 Å². The van der Waals surface area contributed by atoms with Crippen LogP contribution in [0.3, 0.4) is 0 Å². The third-order valence-electron chi connectivity index (χ3n) is 4.51. The second-order valence-electron chi connectivity index (χ2n) is 5.99. The van der Waals surface area contributed by atoms with E-state index in [1.165, 1.54) is 44.2 Å². The summed E-state index contributed by atoms with van der Waals surface area (Å²) in [7, 11) is 0. The number of unbranched alkanes of at least 4 members (excludes halogenated alkanes) is 3. The Kier molecular flexibility index (Phi) is 6.55. The highest BCUT2D eigenvalue weighted by molar-refractivity contribution is 5.20. The fourth-order valence-electron chi connectivity index (χ4n) is 3.18. The van der Waals surface area contributed by atoms with Crippen LogP contribution in [0.5, 0.6) is 0 Å². The third kappa shape index (κ3) is 4.32. The summed E-state index contributed by atoms with van der Waals surface area (Å²) in [6.07, 6.45) is 6.69. The van der Waals surface area contributed by atoms with Crippen LogP contribution in [-0.2, 0) is 0 Å². The Hall–Kier alpha value is -0.860. The van der Waals surface area contributed by atoms with Gasteiger partial charge in [0.2, 0.25) is 0 Å². The Balaban J connectivity index is 1.89. The van der Waals surface area contributed by atoms with Crippen molar-refractivity contribution in [2.24, 2.45) is 0 Å². The first-order valence-electron chi connectivity index (χ1n) is 8.37. The van der Waals surface area contributed by atoms with E-state index in [1.54, 1.807) is 0 Å². The molecule has 0 bridgehead atoms. The highest BCUT2D eigenvalue weighted by atomic mass is 15.2. The SMILES string of the molecule is CCCCCCN1CC(c2ccccc2)NCC1CC. The number of piperazine rings is 1. The summed E-state index contributed by atoms with van der Waals surface area (Å²) >= 11 is 0. The number of nitrogens with zero attached hydrogens (tertiary/aromatic N) is 1. The normalized spacial score (nSPS) is 23.9. The number of rotatable bonds is 7. The predicted octanol–water partition coefficient (Wildman–Crippen LogP) is 3.99. The van der Waals surface area contributed by atoms with Crippen molar-refractivity contribution in [1.82, 2.24) is 10.2 Å². The fourth-order valence-corrected chi connectivity index (χ4v) is 3.18. The zero-order chi connectivity index (χ0) is 14.2. The van der Waals surface area contributed by atoms with Gasteiger partial charge in [0.1, 0.15) is 0 Å². The molecule has 0 radical (unpaired) electrons. The molecule has 0 aliphatic carbocycles. The van der Waals surface area contributed by atoms with Crippen molar-refractivity contribution in [2.75, 3.05) is 19.6 Å². The van der Waals surface area contributed by atoms with Crippen LogP contribution in [-0.4, -0.2) is 30.6 Å². The standard InChI is InChI=1S/C18H30N2/c1-3-5-6-10-13-20-15-18(19-14-17(20)4-2)16-11-8-7-9-12-16/h7-9,11-12,17-19H,3-6,10,13-15H2,1-2H3. The van der Waals surface area contributed by atoms with Crippen LogP contribution in [0, 0.1) is 0 Å². The monoisotopic (exact) mass is 274 g/mol. The van der Waals surface area contributed by atoms with Crippen molar-refractivity contribution >= 4 is 0 Å². The van der Waals surface area contributed by atoms with Crippen LogP contribution in [0.4, 0.5) is 0 Å². The van der Waals surface area contributed by atoms with Crippen LogP contribution in [0.25, 0.3) is 0 Å². The lowest BCUT2D eigenvalue weighted by Gasteiger charge is -2.40. The third-order valence-corrected chi connectivity index (χ3v) is 4.51. The van der Waals surface area contributed by atoms with Gasteiger partial charge in [-0.2, -0.15) is 0 Å². The second-order valence-corrected chi connectivity index (χ2v) is 5.99. The molecule has 0 aromatic heterocycles.